The lowest BCUT2D eigenvalue weighted by molar-refractivity contribution is 1.07. The van der Waals surface area contributed by atoms with E-state index in [0.717, 1.165) is 39.1 Å². The standard InChI is InChI=1S/C51H31N5S/c1-2-13-32(14-3-1)49-52-50(54-51(53-49)34-25-28-48-42(30-34)41-20-7-11-24-47(41)57-48)33-15-12-16-35(29-33)56-45-23-10-6-19-39(45)40-27-26-36(31-46(40)56)55-43-21-8-4-17-37(43)38-18-5-9-22-44(38)55/h1-31H. The van der Waals surface area contributed by atoms with Crippen molar-refractivity contribution in [2.75, 3.05) is 0 Å². The van der Waals surface area contributed by atoms with E-state index in [4.69, 9.17) is 15.0 Å². The van der Waals surface area contributed by atoms with Gasteiger partial charge in [-0.15, -0.1) is 11.3 Å². The number of rotatable bonds is 5. The summed E-state index contributed by atoms with van der Waals surface area (Å²) in [6.07, 6.45) is 0. The van der Waals surface area contributed by atoms with Gasteiger partial charge in [0.05, 0.1) is 22.1 Å². The number of thiophene rings is 1. The fourth-order valence-electron chi connectivity index (χ4n) is 8.58. The molecule has 57 heavy (non-hydrogen) atoms. The fraction of sp³-hybridized carbons (Fsp3) is 0. The van der Waals surface area contributed by atoms with E-state index < -0.39 is 0 Å². The summed E-state index contributed by atoms with van der Waals surface area (Å²) in [6.45, 7) is 0. The molecule has 0 amide bonds. The van der Waals surface area contributed by atoms with Gasteiger partial charge in [-0.3, -0.25) is 0 Å². The van der Waals surface area contributed by atoms with Gasteiger partial charge >= 0.3 is 0 Å². The average molecular weight is 746 g/mol. The summed E-state index contributed by atoms with van der Waals surface area (Å²) in [5.41, 5.74) is 9.62. The van der Waals surface area contributed by atoms with Gasteiger partial charge in [0.15, 0.2) is 17.5 Å². The van der Waals surface area contributed by atoms with Crippen LogP contribution in [0.2, 0.25) is 0 Å². The van der Waals surface area contributed by atoms with Gasteiger partial charge in [0, 0.05) is 69.8 Å². The first-order chi connectivity index (χ1) is 28.2. The lowest BCUT2D eigenvalue weighted by atomic mass is 10.1. The van der Waals surface area contributed by atoms with Crippen molar-refractivity contribution in [1.29, 1.82) is 0 Å². The summed E-state index contributed by atoms with van der Waals surface area (Å²) in [5.74, 6) is 1.92. The van der Waals surface area contributed by atoms with E-state index in [0.29, 0.717) is 17.5 Å². The number of hydrogen-bond acceptors (Lipinski definition) is 4. The van der Waals surface area contributed by atoms with Crippen LogP contribution >= 0.6 is 11.3 Å². The average Bonchev–Trinajstić information content (AvgIpc) is 3.94. The van der Waals surface area contributed by atoms with Crippen molar-refractivity contribution >= 4 is 75.1 Å². The second-order valence-electron chi connectivity index (χ2n) is 14.5. The molecule has 0 aliphatic heterocycles. The zero-order chi connectivity index (χ0) is 37.5. The maximum Gasteiger partial charge on any atom is 0.164 e. The second kappa shape index (κ2) is 12.6. The lowest BCUT2D eigenvalue weighted by Gasteiger charge is -2.13. The molecule has 5 nitrogen and oxygen atoms in total. The first kappa shape index (κ1) is 31.9. The van der Waals surface area contributed by atoms with Gasteiger partial charge in [0.2, 0.25) is 0 Å². The molecule has 8 aromatic carbocycles. The number of benzene rings is 8. The molecule has 6 heteroatoms. The molecular formula is C51H31N5S. The monoisotopic (exact) mass is 745 g/mol. The molecule has 0 aliphatic rings. The number of fused-ring (bicyclic) bond motifs is 9. The maximum atomic E-state index is 5.19. The van der Waals surface area contributed by atoms with Crippen molar-refractivity contribution in [2.45, 2.75) is 0 Å². The van der Waals surface area contributed by atoms with Gasteiger partial charge in [0.25, 0.3) is 0 Å². The van der Waals surface area contributed by atoms with Crippen molar-refractivity contribution in [3.05, 3.63) is 188 Å². The number of nitrogens with zero attached hydrogens (tertiary/aromatic N) is 5. The van der Waals surface area contributed by atoms with Crippen LogP contribution in [0.4, 0.5) is 0 Å². The summed E-state index contributed by atoms with van der Waals surface area (Å²) in [4.78, 5) is 15.4. The molecule has 12 aromatic rings. The molecule has 0 spiro atoms. The SMILES string of the molecule is c1ccc(-c2nc(-c3cccc(-n4c5ccccc5c5ccc(-n6c7ccccc7c7ccccc76)cc54)c3)nc(-c3ccc4sc5ccccc5c4c3)n2)cc1. The largest absolute Gasteiger partial charge is 0.309 e. The minimum Gasteiger partial charge on any atom is -0.309 e. The Morgan fingerprint density at radius 1 is 0.298 bits per heavy atom. The molecule has 4 heterocycles. The summed E-state index contributed by atoms with van der Waals surface area (Å²) in [7, 11) is 0. The Morgan fingerprint density at radius 2 is 0.789 bits per heavy atom. The van der Waals surface area contributed by atoms with E-state index in [1.807, 2.05) is 29.5 Å². The molecule has 4 aromatic heterocycles. The smallest absolute Gasteiger partial charge is 0.164 e. The third-order valence-corrected chi connectivity index (χ3v) is 12.3. The highest BCUT2D eigenvalue weighted by molar-refractivity contribution is 7.25. The Labute approximate surface area is 331 Å². The van der Waals surface area contributed by atoms with Gasteiger partial charge in [-0.25, -0.2) is 15.0 Å². The van der Waals surface area contributed by atoms with Crippen LogP contribution in [0.5, 0.6) is 0 Å². The summed E-state index contributed by atoms with van der Waals surface area (Å²) < 4.78 is 7.28. The van der Waals surface area contributed by atoms with Crippen LogP contribution in [0.15, 0.2) is 188 Å². The third kappa shape index (κ3) is 5.04. The van der Waals surface area contributed by atoms with Crippen molar-refractivity contribution in [3.63, 3.8) is 0 Å². The normalized spacial score (nSPS) is 11.9. The minimum absolute atomic E-state index is 0.628. The number of aromatic nitrogens is 5. The Morgan fingerprint density at radius 3 is 1.47 bits per heavy atom. The Balaban J connectivity index is 1.05. The first-order valence-corrected chi connectivity index (χ1v) is 19.9. The topological polar surface area (TPSA) is 48.5 Å². The van der Waals surface area contributed by atoms with Crippen LogP contribution in [0.25, 0.3) is 109 Å². The summed E-state index contributed by atoms with van der Waals surface area (Å²) in [6, 6.07) is 66.8. The number of hydrogen-bond donors (Lipinski definition) is 0. The molecule has 12 rings (SSSR count). The van der Waals surface area contributed by atoms with Gasteiger partial charge in [0.1, 0.15) is 0 Å². The van der Waals surface area contributed by atoms with Crippen LogP contribution in [0.3, 0.4) is 0 Å². The highest BCUT2D eigenvalue weighted by atomic mass is 32.1. The minimum atomic E-state index is 0.628. The van der Waals surface area contributed by atoms with E-state index in [1.165, 1.54) is 52.8 Å². The van der Waals surface area contributed by atoms with Crippen molar-refractivity contribution in [2.24, 2.45) is 0 Å². The van der Waals surface area contributed by atoms with Crippen LogP contribution in [0.1, 0.15) is 0 Å². The van der Waals surface area contributed by atoms with E-state index >= 15 is 0 Å². The molecule has 0 radical (unpaired) electrons. The molecule has 0 aliphatic carbocycles. The third-order valence-electron chi connectivity index (χ3n) is 11.2. The molecule has 0 fully saturated rings. The van der Waals surface area contributed by atoms with Gasteiger partial charge < -0.3 is 9.13 Å². The van der Waals surface area contributed by atoms with E-state index in [9.17, 15) is 0 Å². The van der Waals surface area contributed by atoms with Crippen LogP contribution in [-0.4, -0.2) is 24.1 Å². The van der Waals surface area contributed by atoms with Crippen LogP contribution in [-0.2, 0) is 0 Å². The molecule has 266 valence electrons. The summed E-state index contributed by atoms with van der Waals surface area (Å²) in [5, 5.41) is 7.36. The molecule has 0 saturated carbocycles. The fourth-order valence-corrected chi connectivity index (χ4v) is 9.66. The highest BCUT2D eigenvalue weighted by Gasteiger charge is 2.18. The zero-order valence-corrected chi connectivity index (χ0v) is 31.4. The predicted molar refractivity (Wildman–Crippen MR) is 238 cm³/mol. The maximum absolute atomic E-state index is 5.19. The molecule has 0 saturated heterocycles. The van der Waals surface area contributed by atoms with E-state index in [1.54, 1.807) is 0 Å². The summed E-state index contributed by atoms with van der Waals surface area (Å²) >= 11 is 1.81. The molecular weight excluding hydrogens is 715 g/mol. The van der Waals surface area contributed by atoms with E-state index in [-0.39, 0.29) is 0 Å². The van der Waals surface area contributed by atoms with Crippen molar-refractivity contribution in [3.8, 4) is 45.5 Å². The highest BCUT2D eigenvalue weighted by Crippen LogP contribution is 2.39. The Hall–Kier alpha value is -7.41. The van der Waals surface area contributed by atoms with Gasteiger partial charge in [-0.05, 0) is 66.7 Å². The number of para-hydroxylation sites is 3. The lowest BCUT2D eigenvalue weighted by Crippen LogP contribution is -2.01. The molecule has 0 atom stereocenters. The zero-order valence-electron chi connectivity index (χ0n) is 30.5. The Bertz CT molecular complexity index is 3490. The molecule has 0 bridgehead atoms. The van der Waals surface area contributed by atoms with Crippen molar-refractivity contribution in [1.82, 2.24) is 24.1 Å². The van der Waals surface area contributed by atoms with Gasteiger partial charge in [-0.2, -0.15) is 0 Å². The predicted octanol–water partition coefficient (Wildman–Crippen LogP) is 13.4. The van der Waals surface area contributed by atoms with E-state index in [2.05, 4.69) is 179 Å². The quantitative estimate of drug-likeness (QED) is 0.176. The van der Waals surface area contributed by atoms with Crippen molar-refractivity contribution < 1.29 is 0 Å². The van der Waals surface area contributed by atoms with Gasteiger partial charge in [-0.1, -0.05) is 121 Å². The second-order valence-corrected chi connectivity index (χ2v) is 15.5. The first-order valence-electron chi connectivity index (χ1n) is 19.1. The molecule has 0 unspecified atom stereocenters. The Kier molecular flexibility index (Phi) is 7.03. The van der Waals surface area contributed by atoms with Crippen LogP contribution < -0.4 is 0 Å². The van der Waals surface area contributed by atoms with Crippen LogP contribution in [0, 0.1) is 0 Å². The molecule has 0 N–H and O–H groups in total.